The Bertz CT molecular complexity index is 342. The van der Waals surface area contributed by atoms with Crippen LogP contribution in [0.2, 0.25) is 0 Å². The third-order valence-electron chi connectivity index (χ3n) is 2.16. The van der Waals surface area contributed by atoms with Crippen molar-refractivity contribution in [1.29, 1.82) is 0 Å². The van der Waals surface area contributed by atoms with Crippen LogP contribution in [0, 0.1) is 0 Å². The molecule has 1 aromatic carbocycles. The summed E-state index contributed by atoms with van der Waals surface area (Å²) in [6, 6.07) is 5.49. The topological polar surface area (TPSA) is 29.5 Å². The molecule has 0 aliphatic heterocycles. The molecule has 0 spiro atoms. The van der Waals surface area contributed by atoms with Gasteiger partial charge in [0.05, 0.1) is 6.61 Å². The van der Waals surface area contributed by atoms with E-state index in [1.807, 2.05) is 26.0 Å². The van der Waals surface area contributed by atoms with Gasteiger partial charge in [0.15, 0.2) is 11.5 Å². The second kappa shape index (κ2) is 5.44. The third kappa shape index (κ3) is 3.66. The number of aryl methyl sites for hydroxylation is 1. The number of rotatable bonds is 5. The average Bonchev–Trinajstić information content (AvgIpc) is 2.19. The third-order valence-corrected chi connectivity index (χ3v) is 2.16. The highest BCUT2D eigenvalue weighted by Gasteiger charge is 2.03. The minimum absolute atomic E-state index is 0.205. The van der Waals surface area contributed by atoms with Gasteiger partial charge < -0.3 is 9.84 Å². The van der Waals surface area contributed by atoms with Crippen molar-refractivity contribution in [3.05, 3.63) is 35.9 Å². The van der Waals surface area contributed by atoms with E-state index in [-0.39, 0.29) is 5.75 Å². The highest BCUT2D eigenvalue weighted by Crippen LogP contribution is 2.27. The highest BCUT2D eigenvalue weighted by molar-refractivity contribution is 5.41. The maximum atomic E-state index is 9.50. The Labute approximate surface area is 91.2 Å². The molecule has 2 heteroatoms. The SMILES string of the molecule is C=C(C)CCc1ccc(O)c(OCC)c1. The van der Waals surface area contributed by atoms with Gasteiger partial charge in [0.2, 0.25) is 0 Å². The van der Waals surface area contributed by atoms with Gasteiger partial charge in [0.25, 0.3) is 0 Å². The van der Waals surface area contributed by atoms with Gasteiger partial charge in [0, 0.05) is 0 Å². The fourth-order valence-corrected chi connectivity index (χ4v) is 1.34. The Balaban J connectivity index is 2.73. The van der Waals surface area contributed by atoms with Crippen molar-refractivity contribution in [2.24, 2.45) is 0 Å². The molecule has 1 N–H and O–H groups in total. The van der Waals surface area contributed by atoms with Crippen LogP contribution in [0.5, 0.6) is 11.5 Å². The molecule has 0 unspecified atom stereocenters. The number of phenols is 1. The van der Waals surface area contributed by atoms with E-state index in [0.29, 0.717) is 12.4 Å². The highest BCUT2D eigenvalue weighted by atomic mass is 16.5. The Morgan fingerprint density at radius 3 is 2.80 bits per heavy atom. The first kappa shape index (κ1) is 11.6. The Hall–Kier alpha value is -1.44. The molecule has 0 aliphatic rings. The molecule has 1 aromatic rings. The first-order valence-corrected chi connectivity index (χ1v) is 5.22. The monoisotopic (exact) mass is 206 g/mol. The predicted molar refractivity (Wildman–Crippen MR) is 62.4 cm³/mol. The van der Waals surface area contributed by atoms with Gasteiger partial charge >= 0.3 is 0 Å². The van der Waals surface area contributed by atoms with Crippen LogP contribution in [-0.4, -0.2) is 11.7 Å². The van der Waals surface area contributed by atoms with E-state index < -0.39 is 0 Å². The van der Waals surface area contributed by atoms with Crippen LogP contribution in [0.25, 0.3) is 0 Å². The van der Waals surface area contributed by atoms with Crippen LogP contribution < -0.4 is 4.74 Å². The van der Waals surface area contributed by atoms with Crippen LogP contribution in [0.4, 0.5) is 0 Å². The van der Waals surface area contributed by atoms with Gasteiger partial charge in [-0.1, -0.05) is 11.6 Å². The molecule has 82 valence electrons. The lowest BCUT2D eigenvalue weighted by atomic mass is 10.1. The second-order valence-electron chi connectivity index (χ2n) is 3.69. The van der Waals surface area contributed by atoms with Gasteiger partial charge in [0.1, 0.15) is 0 Å². The van der Waals surface area contributed by atoms with E-state index in [0.717, 1.165) is 12.8 Å². The number of hydrogen-bond donors (Lipinski definition) is 1. The van der Waals surface area contributed by atoms with E-state index in [1.54, 1.807) is 6.07 Å². The van der Waals surface area contributed by atoms with Crippen molar-refractivity contribution >= 4 is 0 Å². The Morgan fingerprint density at radius 2 is 2.20 bits per heavy atom. The minimum atomic E-state index is 0.205. The Kier molecular flexibility index (Phi) is 4.22. The number of benzene rings is 1. The number of phenolic OH excluding ortho intramolecular Hbond substituents is 1. The molecule has 2 nitrogen and oxygen atoms in total. The lowest BCUT2D eigenvalue weighted by Gasteiger charge is -2.08. The van der Waals surface area contributed by atoms with Crippen molar-refractivity contribution in [2.75, 3.05) is 6.61 Å². The zero-order valence-electron chi connectivity index (χ0n) is 9.42. The Morgan fingerprint density at radius 1 is 1.47 bits per heavy atom. The molecule has 0 atom stereocenters. The van der Waals surface area contributed by atoms with E-state index in [9.17, 15) is 5.11 Å². The van der Waals surface area contributed by atoms with E-state index in [4.69, 9.17) is 4.74 Å². The minimum Gasteiger partial charge on any atom is -0.504 e. The molecule has 0 heterocycles. The number of allylic oxidation sites excluding steroid dienone is 1. The van der Waals surface area contributed by atoms with E-state index in [1.165, 1.54) is 11.1 Å². The summed E-state index contributed by atoms with van der Waals surface area (Å²) in [5.41, 5.74) is 2.33. The number of hydrogen-bond acceptors (Lipinski definition) is 2. The van der Waals surface area contributed by atoms with Crippen LogP contribution in [0.1, 0.15) is 25.8 Å². The summed E-state index contributed by atoms with van der Waals surface area (Å²) in [4.78, 5) is 0. The lowest BCUT2D eigenvalue weighted by Crippen LogP contribution is -1.94. The lowest BCUT2D eigenvalue weighted by molar-refractivity contribution is 0.318. The summed E-state index contributed by atoms with van der Waals surface area (Å²) in [7, 11) is 0. The van der Waals surface area contributed by atoms with Crippen molar-refractivity contribution in [1.82, 2.24) is 0 Å². The molecular formula is C13H18O2. The molecule has 0 fully saturated rings. The largest absolute Gasteiger partial charge is 0.504 e. The molecule has 0 radical (unpaired) electrons. The molecule has 0 saturated carbocycles. The van der Waals surface area contributed by atoms with Gasteiger partial charge in [-0.15, -0.1) is 6.58 Å². The summed E-state index contributed by atoms with van der Waals surface area (Å²) < 4.78 is 5.31. The van der Waals surface area contributed by atoms with E-state index in [2.05, 4.69) is 6.58 Å². The molecular weight excluding hydrogens is 188 g/mol. The van der Waals surface area contributed by atoms with Crippen molar-refractivity contribution in [3.63, 3.8) is 0 Å². The predicted octanol–water partition coefficient (Wildman–Crippen LogP) is 3.30. The van der Waals surface area contributed by atoms with Crippen LogP contribution in [-0.2, 0) is 6.42 Å². The first-order valence-electron chi connectivity index (χ1n) is 5.22. The first-order chi connectivity index (χ1) is 7.13. The number of ether oxygens (including phenoxy) is 1. The van der Waals surface area contributed by atoms with Gasteiger partial charge in [-0.05, 0) is 44.4 Å². The fraction of sp³-hybridized carbons (Fsp3) is 0.385. The molecule has 0 saturated heterocycles. The maximum absolute atomic E-state index is 9.50. The van der Waals surface area contributed by atoms with Crippen LogP contribution >= 0.6 is 0 Å². The van der Waals surface area contributed by atoms with E-state index >= 15 is 0 Å². The summed E-state index contributed by atoms with van der Waals surface area (Å²) in [5, 5.41) is 9.50. The second-order valence-corrected chi connectivity index (χ2v) is 3.69. The summed E-state index contributed by atoms with van der Waals surface area (Å²) in [5.74, 6) is 0.771. The zero-order valence-corrected chi connectivity index (χ0v) is 9.42. The number of aromatic hydroxyl groups is 1. The average molecular weight is 206 g/mol. The molecule has 0 bridgehead atoms. The van der Waals surface area contributed by atoms with Crippen LogP contribution in [0.15, 0.2) is 30.4 Å². The summed E-state index contributed by atoms with van der Waals surface area (Å²) in [6.07, 6.45) is 1.91. The summed E-state index contributed by atoms with van der Waals surface area (Å²) >= 11 is 0. The van der Waals surface area contributed by atoms with Crippen LogP contribution in [0.3, 0.4) is 0 Å². The molecule has 0 aromatic heterocycles. The van der Waals surface area contributed by atoms with Crippen molar-refractivity contribution in [3.8, 4) is 11.5 Å². The molecule has 0 amide bonds. The summed E-state index contributed by atoms with van der Waals surface area (Å²) in [6.45, 7) is 8.35. The quantitative estimate of drug-likeness (QED) is 0.749. The smallest absolute Gasteiger partial charge is 0.161 e. The van der Waals surface area contributed by atoms with Gasteiger partial charge in [-0.3, -0.25) is 0 Å². The molecule has 15 heavy (non-hydrogen) atoms. The fourth-order valence-electron chi connectivity index (χ4n) is 1.34. The normalized spacial score (nSPS) is 10.0. The zero-order chi connectivity index (χ0) is 11.3. The molecule has 0 aliphatic carbocycles. The van der Waals surface area contributed by atoms with Crippen molar-refractivity contribution < 1.29 is 9.84 Å². The van der Waals surface area contributed by atoms with Gasteiger partial charge in [-0.25, -0.2) is 0 Å². The van der Waals surface area contributed by atoms with Gasteiger partial charge in [-0.2, -0.15) is 0 Å². The van der Waals surface area contributed by atoms with Crippen molar-refractivity contribution in [2.45, 2.75) is 26.7 Å². The maximum Gasteiger partial charge on any atom is 0.161 e. The standard InChI is InChI=1S/C13H18O2/c1-4-15-13-9-11(6-5-10(2)3)7-8-12(13)14/h7-9,14H,2,4-6H2,1,3H3. The molecule has 1 rings (SSSR count).